The van der Waals surface area contributed by atoms with Crippen LogP contribution in [0, 0.1) is 6.92 Å². The minimum atomic E-state index is -4.56. The maximum Gasteiger partial charge on any atom is 0.420 e. The van der Waals surface area contributed by atoms with Gasteiger partial charge >= 0.3 is 6.18 Å². The Labute approximate surface area is 106 Å². The predicted molar refractivity (Wildman–Crippen MR) is 60.6 cm³/mol. The first-order valence-corrected chi connectivity index (χ1v) is 5.48. The van der Waals surface area contributed by atoms with Crippen LogP contribution in [0.1, 0.15) is 23.1 Å². The van der Waals surface area contributed by atoms with Gasteiger partial charge in [-0.25, -0.2) is 4.98 Å². The van der Waals surface area contributed by atoms with Crippen molar-refractivity contribution in [2.24, 2.45) is 0 Å². The summed E-state index contributed by atoms with van der Waals surface area (Å²) in [7, 11) is 1.31. The molecular weight excluding hydrogens is 263 g/mol. The summed E-state index contributed by atoms with van der Waals surface area (Å²) in [5.41, 5.74) is -0.923. The number of nitrogens with zero attached hydrogens (tertiary/aromatic N) is 1. The van der Waals surface area contributed by atoms with Crippen LogP contribution in [-0.4, -0.2) is 23.8 Å². The van der Waals surface area contributed by atoms with Crippen molar-refractivity contribution in [1.82, 2.24) is 4.98 Å². The molecule has 1 aromatic heterocycles. The van der Waals surface area contributed by atoms with Crippen molar-refractivity contribution < 1.29 is 27.4 Å². The van der Waals surface area contributed by atoms with Crippen LogP contribution in [-0.2, 0) is 10.9 Å². The van der Waals surface area contributed by atoms with Crippen molar-refractivity contribution in [2.75, 3.05) is 13.7 Å². The number of halogens is 3. The Kier molecular flexibility index (Phi) is 3.51. The van der Waals surface area contributed by atoms with Crippen LogP contribution < -0.4 is 0 Å². The highest BCUT2D eigenvalue weighted by atomic mass is 19.4. The van der Waals surface area contributed by atoms with Gasteiger partial charge in [0.1, 0.15) is 17.2 Å². The summed E-state index contributed by atoms with van der Waals surface area (Å²) in [5, 5.41) is 9.10. The van der Waals surface area contributed by atoms with Crippen LogP contribution in [0.15, 0.2) is 16.5 Å². The van der Waals surface area contributed by atoms with Crippen LogP contribution >= 0.6 is 0 Å². The van der Waals surface area contributed by atoms with Crippen LogP contribution in [0.5, 0.6) is 0 Å². The van der Waals surface area contributed by atoms with Gasteiger partial charge in [-0.2, -0.15) is 13.2 Å². The zero-order chi connectivity index (χ0) is 14.2. The van der Waals surface area contributed by atoms with Crippen LogP contribution in [0.25, 0.3) is 11.1 Å². The molecule has 0 aliphatic heterocycles. The fourth-order valence-electron chi connectivity index (χ4n) is 1.88. The quantitative estimate of drug-likeness (QED) is 0.935. The number of methoxy groups -OCH3 is 1. The third-order valence-electron chi connectivity index (χ3n) is 2.75. The number of hydrogen-bond acceptors (Lipinski definition) is 4. The fraction of sp³-hybridized carbons (Fsp3) is 0.417. The first-order chi connectivity index (χ1) is 8.86. The second-order valence-electron chi connectivity index (χ2n) is 4.05. The van der Waals surface area contributed by atoms with E-state index in [-0.39, 0.29) is 22.6 Å². The molecule has 1 aromatic carbocycles. The molecule has 0 saturated carbocycles. The lowest BCUT2D eigenvalue weighted by molar-refractivity contribution is -0.137. The molecule has 19 heavy (non-hydrogen) atoms. The molecule has 1 heterocycles. The lowest BCUT2D eigenvalue weighted by Crippen LogP contribution is -2.10. The maximum absolute atomic E-state index is 13.0. The standard InChI is InChI=1S/C12H12F3NO3/c1-6-16-9-4-7(10(5-17)18-2)3-8(11(9)19-6)12(13,14)15/h3-4,10,17H,5H2,1-2H3/t10-/m1/s1. The van der Waals surface area contributed by atoms with Crippen molar-refractivity contribution in [2.45, 2.75) is 19.2 Å². The Hall–Kier alpha value is -1.60. The average molecular weight is 275 g/mol. The van der Waals surface area contributed by atoms with Crippen molar-refractivity contribution in [3.05, 3.63) is 29.2 Å². The van der Waals surface area contributed by atoms with Crippen molar-refractivity contribution in [3.8, 4) is 0 Å². The summed E-state index contributed by atoms with van der Waals surface area (Å²) in [4.78, 5) is 3.90. The topological polar surface area (TPSA) is 55.5 Å². The fourth-order valence-corrected chi connectivity index (χ4v) is 1.88. The van der Waals surface area contributed by atoms with E-state index in [9.17, 15) is 13.2 Å². The van der Waals surface area contributed by atoms with Gasteiger partial charge in [0.25, 0.3) is 0 Å². The van der Waals surface area contributed by atoms with Gasteiger partial charge in [0.15, 0.2) is 11.5 Å². The third kappa shape index (κ3) is 2.57. The number of benzene rings is 1. The summed E-state index contributed by atoms with van der Waals surface area (Å²) in [6, 6.07) is 2.34. The van der Waals surface area contributed by atoms with Crippen molar-refractivity contribution in [3.63, 3.8) is 0 Å². The third-order valence-corrected chi connectivity index (χ3v) is 2.75. The first kappa shape index (κ1) is 13.8. The number of hydrogen-bond donors (Lipinski definition) is 1. The summed E-state index contributed by atoms with van der Waals surface area (Å²) in [5.74, 6) is 0.149. The molecule has 1 atom stereocenters. The summed E-state index contributed by atoms with van der Waals surface area (Å²) in [6.07, 6.45) is -5.39. The molecule has 7 heteroatoms. The van der Waals surface area contributed by atoms with Gasteiger partial charge < -0.3 is 14.3 Å². The van der Waals surface area contributed by atoms with E-state index in [1.54, 1.807) is 0 Å². The van der Waals surface area contributed by atoms with Gasteiger partial charge in [-0.1, -0.05) is 0 Å². The number of aliphatic hydroxyl groups is 1. The molecule has 2 aromatic rings. The van der Waals surface area contributed by atoms with Gasteiger partial charge in [-0.3, -0.25) is 0 Å². The van der Waals surface area contributed by atoms with E-state index < -0.39 is 24.5 Å². The smallest absolute Gasteiger partial charge is 0.420 e. The van der Waals surface area contributed by atoms with Crippen LogP contribution in [0.3, 0.4) is 0 Å². The number of aliphatic hydroxyl groups excluding tert-OH is 1. The van der Waals surface area contributed by atoms with E-state index in [2.05, 4.69) is 4.98 Å². The van der Waals surface area contributed by atoms with E-state index in [1.807, 2.05) is 0 Å². The molecule has 0 amide bonds. The first-order valence-electron chi connectivity index (χ1n) is 5.48. The second kappa shape index (κ2) is 4.82. The molecule has 0 radical (unpaired) electrons. The van der Waals surface area contributed by atoms with Gasteiger partial charge in [-0.15, -0.1) is 0 Å². The molecule has 0 unspecified atom stereocenters. The zero-order valence-electron chi connectivity index (χ0n) is 10.3. The number of rotatable bonds is 3. The number of alkyl halides is 3. The van der Waals surface area contributed by atoms with Gasteiger partial charge in [-0.05, 0) is 17.7 Å². The number of aryl methyl sites for hydroxylation is 1. The van der Waals surface area contributed by atoms with Crippen LogP contribution in [0.4, 0.5) is 13.2 Å². The molecular formula is C12H12F3NO3. The largest absolute Gasteiger partial charge is 0.440 e. The highest BCUT2D eigenvalue weighted by Crippen LogP contribution is 2.37. The minimum Gasteiger partial charge on any atom is -0.440 e. The van der Waals surface area contributed by atoms with Gasteiger partial charge in [0.05, 0.1) is 6.61 Å². The van der Waals surface area contributed by atoms with E-state index >= 15 is 0 Å². The highest BCUT2D eigenvalue weighted by Gasteiger charge is 2.35. The minimum absolute atomic E-state index is 0.0952. The molecule has 1 N–H and O–H groups in total. The van der Waals surface area contributed by atoms with Crippen molar-refractivity contribution >= 4 is 11.1 Å². The maximum atomic E-state index is 13.0. The number of ether oxygens (including phenoxy) is 1. The molecule has 0 saturated heterocycles. The van der Waals surface area contributed by atoms with E-state index in [4.69, 9.17) is 14.3 Å². The monoisotopic (exact) mass is 275 g/mol. The second-order valence-corrected chi connectivity index (χ2v) is 4.05. The van der Waals surface area contributed by atoms with Gasteiger partial charge in [0, 0.05) is 14.0 Å². The number of aromatic nitrogens is 1. The Balaban J connectivity index is 2.69. The molecule has 0 bridgehead atoms. The Morgan fingerprint density at radius 2 is 2.11 bits per heavy atom. The number of oxazole rings is 1. The van der Waals surface area contributed by atoms with E-state index in [0.717, 1.165) is 6.07 Å². The molecule has 0 aliphatic carbocycles. The molecule has 0 spiro atoms. The van der Waals surface area contributed by atoms with Gasteiger partial charge in [0.2, 0.25) is 0 Å². The Morgan fingerprint density at radius 1 is 1.42 bits per heavy atom. The lowest BCUT2D eigenvalue weighted by atomic mass is 10.0. The van der Waals surface area contributed by atoms with Crippen molar-refractivity contribution in [1.29, 1.82) is 0 Å². The van der Waals surface area contributed by atoms with E-state index in [0.29, 0.717) is 0 Å². The molecule has 104 valence electrons. The normalized spacial score (nSPS) is 14.0. The average Bonchev–Trinajstić information content (AvgIpc) is 2.68. The summed E-state index contributed by atoms with van der Waals surface area (Å²) in [6.45, 7) is 1.05. The highest BCUT2D eigenvalue weighted by molar-refractivity contribution is 5.78. The van der Waals surface area contributed by atoms with Crippen LogP contribution in [0.2, 0.25) is 0 Å². The molecule has 0 fully saturated rings. The predicted octanol–water partition coefficient (Wildman–Crippen LogP) is 2.83. The lowest BCUT2D eigenvalue weighted by Gasteiger charge is -2.15. The summed E-state index contributed by atoms with van der Waals surface area (Å²) >= 11 is 0. The number of fused-ring (bicyclic) bond motifs is 1. The Bertz CT molecular complexity index is 588. The molecule has 2 rings (SSSR count). The summed E-state index contributed by atoms with van der Waals surface area (Å²) < 4.78 is 48.9. The Morgan fingerprint density at radius 3 is 2.63 bits per heavy atom. The molecule has 0 aliphatic rings. The zero-order valence-corrected chi connectivity index (χ0v) is 10.3. The van der Waals surface area contributed by atoms with E-state index in [1.165, 1.54) is 20.1 Å². The molecule has 4 nitrogen and oxygen atoms in total. The SMILES string of the molecule is CO[C@H](CO)c1cc(C(F)(F)F)c2oc(C)nc2c1.